The molecule has 0 aliphatic heterocycles. The predicted octanol–water partition coefficient (Wildman–Crippen LogP) is 7.07. The third-order valence-corrected chi connectivity index (χ3v) is 11.1. The maximum absolute atomic E-state index is 7.21. The standard InChI is InChI=1S/C20H27BrN2OSi/c1-20(2,3)25(5,6)24-16-9-8-15(12-16)23-13-18(21)17-11-14(22-4)7-10-19(17)23/h7,10-11,13,15-16H,8-9,12H2,1-3,5-6H3. The van der Waals surface area contributed by atoms with E-state index in [0.29, 0.717) is 17.8 Å². The van der Waals surface area contributed by atoms with Gasteiger partial charge in [-0.2, -0.15) is 0 Å². The van der Waals surface area contributed by atoms with E-state index in [4.69, 9.17) is 11.0 Å². The molecule has 0 radical (unpaired) electrons. The molecular formula is C20H27BrN2OSi. The molecule has 0 saturated heterocycles. The van der Waals surface area contributed by atoms with Gasteiger partial charge in [0.2, 0.25) is 0 Å². The first-order valence-electron chi connectivity index (χ1n) is 8.98. The van der Waals surface area contributed by atoms with Gasteiger partial charge in [0.05, 0.1) is 6.57 Å². The quantitative estimate of drug-likeness (QED) is 0.384. The highest BCUT2D eigenvalue weighted by Crippen LogP contribution is 2.43. The Morgan fingerprint density at radius 1 is 1.28 bits per heavy atom. The summed E-state index contributed by atoms with van der Waals surface area (Å²) < 4.78 is 10.1. The van der Waals surface area contributed by atoms with Crippen LogP contribution in [0.4, 0.5) is 5.69 Å². The Balaban J connectivity index is 1.81. The fourth-order valence-corrected chi connectivity index (χ4v) is 5.38. The van der Waals surface area contributed by atoms with Crippen LogP contribution >= 0.6 is 15.9 Å². The van der Waals surface area contributed by atoms with E-state index >= 15 is 0 Å². The third-order valence-electron chi connectivity index (χ3n) is 5.91. The lowest BCUT2D eigenvalue weighted by Crippen LogP contribution is -2.43. The molecule has 2 aromatic rings. The van der Waals surface area contributed by atoms with Crippen LogP contribution in [0, 0.1) is 6.57 Å². The zero-order chi connectivity index (χ0) is 18.4. The molecule has 0 spiro atoms. The van der Waals surface area contributed by atoms with E-state index in [1.54, 1.807) is 0 Å². The molecule has 1 aliphatic carbocycles. The van der Waals surface area contributed by atoms with Crippen LogP contribution in [0.1, 0.15) is 46.1 Å². The Bertz CT molecular complexity index is 829. The first-order valence-corrected chi connectivity index (χ1v) is 12.7. The highest BCUT2D eigenvalue weighted by molar-refractivity contribution is 9.10. The monoisotopic (exact) mass is 418 g/mol. The van der Waals surface area contributed by atoms with E-state index in [1.807, 2.05) is 12.1 Å². The average Bonchev–Trinajstić information content (AvgIpc) is 3.10. The van der Waals surface area contributed by atoms with Crippen molar-refractivity contribution in [2.24, 2.45) is 0 Å². The third kappa shape index (κ3) is 3.58. The van der Waals surface area contributed by atoms with Gasteiger partial charge >= 0.3 is 0 Å². The lowest BCUT2D eigenvalue weighted by Gasteiger charge is -2.38. The van der Waals surface area contributed by atoms with Crippen LogP contribution < -0.4 is 0 Å². The predicted molar refractivity (Wildman–Crippen MR) is 111 cm³/mol. The molecule has 2 unspecified atom stereocenters. The minimum atomic E-state index is -1.71. The highest BCUT2D eigenvalue weighted by atomic mass is 79.9. The number of fused-ring (bicyclic) bond motifs is 1. The van der Waals surface area contributed by atoms with Crippen molar-refractivity contribution < 1.29 is 4.43 Å². The molecular weight excluding hydrogens is 392 g/mol. The summed E-state index contributed by atoms with van der Waals surface area (Å²) in [5.41, 5.74) is 1.90. The van der Waals surface area contributed by atoms with Gasteiger partial charge in [-0.05, 0) is 65.5 Å². The van der Waals surface area contributed by atoms with Crippen LogP contribution in [0.15, 0.2) is 28.9 Å². The zero-order valence-electron chi connectivity index (χ0n) is 15.8. The largest absolute Gasteiger partial charge is 0.414 e. The van der Waals surface area contributed by atoms with E-state index in [2.05, 4.69) is 71.5 Å². The van der Waals surface area contributed by atoms with Crippen LogP contribution in [0.2, 0.25) is 18.1 Å². The molecule has 1 heterocycles. The van der Waals surface area contributed by atoms with E-state index in [1.165, 1.54) is 5.52 Å². The Morgan fingerprint density at radius 3 is 2.64 bits per heavy atom. The van der Waals surface area contributed by atoms with Gasteiger partial charge < -0.3 is 8.99 Å². The van der Waals surface area contributed by atoms with Crippen molar-refractivity contribution in [2.75, 3.05) is 0 Å². The van der Waals surface area contributed by atoms with Crippen LogP contribution in [-0.2, 0) is 4.43 Å². The van der Waals surface area contributed by atoms with Gasteiger partial charge in [-0.1, -0.05) is 26.8 Å². The van der Waals surface area contributed by atoms with Gasteiger partial charge in [0, 0.05) is 33.7 Å². The average molecular weight is 419 g/mol. The summed E-state index contributed by atoms with van der Waals surface area (Å²) in [6.07, 6.45) is 5.91. The molecule has 0 amide bonds. The topological polar surface area (TPSA) is 18.5 Å². The second kappa shape index (κ2) is 6.57. The molecule has 0 bridgehead atoms. The molecule has 1 fully saturated rings. The summed E-state index contributed by atoms with van der Waals surface area (Å²) in [4.78, 5) is 3.55. The Morgan fingerprint density at radius 2 is 2.00 bits per heavy atom. The maximum Gasteiger partial charge on any atom is 0.192 e. The molecule has 1 aromatic carbocycles. The van der Waals surface area contributed by atoms with E-state index in [-0.39, 0.29) is 5.04 Å². The summed E-state index contributed by atoms with van der Waals surface area (Å²) in [7, 11) is -1.71. The molecule has 5 heteroatoms. The number of nitrogens with zero attached hydrogens (tertiary/aromatic N) is 2. The van der Waals surface area contributed by atoms with Crippen molar-refractivity contribution in [1.29, 1.82) is 0 Å². The molecule has 25 heavy (non-hydrogen) atoms. The van der Waals surface area contributed by atoms with Gasteiger partial charge in [-0.3, -0.25) is 0 Å². The normalized spacial score (nSPS) is 21.6. The molecule has 3 nitrogen and oxygen atoms in total. The van der Waals surface area contributed by atoms with Crippen LogP contribution in [-0.4, -0.2) is 19.0 Å². The van der Waals surface area contributed by atoms with Gasteiger partial charge in [-0.25, -0.2) is 4.85 Å². The molecule has 1 aliphatic rings. The van der Waals surface area contributed by atoms with Crippen molar-refractivity contribution in [3.8, 4) is 0 Å². The lowest BCUT2D eigenvalue weighted by molar-refractivity contribution is 0.183. The van der Waals surface area contributed by atoms with Crippen LogP contribution in [0.3, 0.4) is 0 Å². The van der Waals surface area contributed by atoms with E-state index < -0.39 is 8.32 Å². The summed E-state index contributed by atoms with van der Waals surface area (Å²) in [6, 6.07) is 6.44. The number of rotatable bonds is 3. The number of halogens is 1. The number of hydrogen-bond donors (Lipinski definition) is 0. The lowest BCUT2D eigenvalue weighted by atomic mass is 10.2. The van der Waals surface area contributed by atoms with Crippen molar-refractivity contribution in [1.82, 2.24) is 4.57 Å². The fraction of sp³-hybridized carbons (Fsp3) is 0.550. The van der Waals surface area contributed by atoms with Crippen LogP contribution in [0.25, 0.3) is 15.7 Å². The zero-order valence-corrected chi connectivity index (χ0v) is 18.4. The number of hydrogen-bond acceptors (Lipinski definition) is 1. The summed E-state index contributed by atoms with van der Waals surface area (Å²) in [5.74, 6) is 0. The van der Waals surface area contributed by atoms with E-state index in [0.717, 1.165) is 29.1 Å². The van der Waals surface area contributed by atoms with Gasteiger partial charge in [0.15, 0.2) is 14.0 Å². The molecule has 1 saturated carbocycles. The van der Waals surface area contributed by atoms with Gasteiger partial charge in [0.25, 0.3) is 0 Å². The Hall–Kier alpha value is -1.09. The first kappa shape index (κ1) is 18.7. The second-order valence-corrected chi connectivity index (χ2v) is 14.3. The minimum Gasteiger partial charge on any atom is -0.414 e. The van der Waals surface area contributed by atoms with Crippen molar-refractivity contribution in [2.45, 2.75) is 70.3 Å². The maximum atomic E-state index is 7.21. The Kier molecular flexibility index (Phi) is 4.91. The van der Waals surface area contributed by atoms with Crippen molar-refractivity contribution >= 4 is 40.8 Å². The summed E-state index contributed by atoms with van der Waals surface area (Å²) in [6.45, 7) is 18.8. The Labute approximate surface area is 160 Å². The summed E-state index contributed by atoms with van der Waals surface area (Å²) >= 11 is 3.67. The number of aromatic nitrogens is 1. The van der Waals surface area contributed by atoms with Gasteiger partial charge in [-0.15, -0.1) is 0 Å². The number of benzene rings is 1. The SMILES string of the molecule is [C-]#[N+]c1ccc2c(c1)c(Br)cn2C1CCC(O[Si](C)(C)C(C)(C)C)C1. The van der Waals surface area contributed by atoms with Crippen molar-refractivity contribution in [3.63, 3.8) is 0 Å². The van der Waals surface area contributed by atoms with Crippen LogP contribution in [0.5, 0.6) is 0 Å². The fourth-order valence-electron chi connectivity index (χ4n) is 3.44. The molecule has 0 N–H and O–H groups in total. The van der Waals surface area contributed by atoms with E-state index in [9.17, 15) is 0 Å². The first-order chi connectivity index (χ1) is 11.6. The second-order valence-electron chi connectivity index (χ2n) is 8.66. The minimum absolute atomic E-state index is 0.254. The smallest absolute Gasteiger partial charge is 0.192 e. The van der Waals surface area contributed by atoms with Crippen molar-refractivity contribution in [3.05, 3.63) is 40.3 Å². The molecule has 134 valence electrons. The molecule has 2 atom stereocenters. The highest BCUT2D eigenvalue weighted by Gasteiger charge is 2.41. The molecule has 1 aromatic heterocycles. The molecule has 3 rings (SSSR count). The summed E-state index contributed by atoms with van der Waals surface area (Å²) in [5, 5.41) is 1.38. The van der Waals surface area contributed by atoms with Gasteiger partial charge in [0.1, 0.15) is 0 Å².